The average molecular weight is 140 g/mol. The van der Waals surface area contributed by atoms with E-state index in [2.05, 4.69) is 17.5 Å². The van der Waals surface area contributed by atoms with Gasteiger partial charge in [-0.05, 0) is 18.7 Å². The molecular formula is C3H6ClNOS. The van der Waals surface area contributed by atoms with Crippen LogP contribution >= 0.6 is 24.4 Å². The summed E-state index contributed by atoms with van der Waals surface area (Å²) in [6.07, 6.45) is 0. The van der Waals surface area contributed by atoms with E-state index in [-0.39, 0.29) is 11.2 Å². The Morgan fingerprint density at radius 1 is 2.00 bits per heavy atom. The lowest BCUT2D eigenvalue weighted by atomic mass is 10.4. The van der Waals surface area contributed by atoms with E-state index < -0.39 is 0 Å². The van der Waals surface area contributed by atoms with E-state index in [1.165, 1.54) is 0 Å². The molecule has 0 aromatic rings. The quantitative estimate of drug-likeness (QED) is 0.433. The summed E-state index contributed by atoms with van der Waals surface area (Å²) < 4.78 is 0. The smallest absolute Gasteiger partial charge is 0.203 e. The molecular weight excluding hydrogens is 134 g/mol. The summed E-state index contributed by atoms with van der Waals surface area (Å²) in [5.41, 5.74) is 0. The van der Waals surface area contributed by atoms with Gasteiger partial charge in [-0.25, -0.2) is 4.84 Å². The first-order valence-corrected chi connectivity index (χ1v) is 2.60. The predicted molar refractivity (Wildman–Crippen MR) is 32.4 cm³/mol. The summed E-state index contributed by atoms with van der Waals surface area (Å²) in [5, 5.41) is -0.255. The summed E-state index contributed by atoms with van der Waals surface area (Å²) in [6.45, 7) is 1.63. The van der Waals surface area contributed by atoms with Crippen molar-refractivity contribution >= 4 is 29.5 Å². The summed E-state index contributed by atoms with van der Waals surface area (Å²) in [7, 11) is 0. The third-order valence-corrected chi connectivity index (χ3v) is 1.25. The predicted octanol–water partition coefficient (Wildman–Crippen LogP) is 0.575. The van der Waals surface area contributed by atoms with Gasteiger partial charge in [-0.3, -0.25) is 4.79 Å². The highest BCUT2D eigenvalue weighted by Gasteiger charge is 2.03. The van der Waals surface area contributed by atoms with Crippen LogP contribution in [0.1, 0.15) is 6.92 Å². The molecule has 0 saturated heterocycles. The van der Waals surface area contributed by atoms with Crippen molar-refractivity contribution in [1.29, 1.82) is 0 Å². The van der Waals surface area contributed by atoms with Crippen molar-refractivity contribution in [1.82, 2.24) is 4.84 Å². The van der Waals surface area contributed by atoms with Crippen molar-refractivity contribution in [3.05, 3.63) is 0 Å². The molecule has 42 valence electrons. The molecule has 0 amide bonds. The first-order valence-electron chi connectivity index (χ1n) is 1.77. The van der Waals surface area contributed by atoms with Crippen molar-refractivity contribution in [2.45, 2.75) is 13.0 Å². The first-order chi connectivity index (χ1) is 3.18. The molecule has 0 unspecified atom stereocenters. The summed E-state index contributed by atoms with van der Waals surface area (Å²) in [4.78, 5) is 12.3. The number of thiol groups is 1. The third-order valence-electron chi connectivity index (χ3n) is 0.534. The lowest BCUT2D eigenvalue weighted by Crippen LogP contribution is -2.22. The van der Waals surface area contributed by atoms with Crippen molar-refractivity contribution in [2.24, 2.45) is 0 Å². The SMILES string of the molecule is C[C@H](NCl)C(=O)S. The molecule has 2 nitrogen and oxygen atoms in total. The Labute approximate surface area is 52.8 Å². The van der Waals surface area contributed by atoms with Gasteiger partial charge >= 0.3 is 0 Å². The van der Waals surface area contributed by atoms with E-state index in [9.17, 15) is 4.79 Å². The number of rotatable bonds is 2. The Kier molecular flexibility index (Phi) is 3.42. The highest BCUT2D eigenvalue weighted by molar-refractivity contribution is 7.96. The van der Waals surface area contributed by atoms with Gasteiger partial charge in [0.15, 0.2) is 0 Å². The number of carbonyl (C=O) groups is 1. The topological polar surface area (TPSA) is 29.1 Å². The zero-order valence-electron chi connectivity index (χ0n) is 3.81. The molecule has 0 spiro atoms. The molecule has 7 heavy (non-hydrogen) atoms. The van der Waals surface area contributed by atoms with Crippen LogP contribution in [0.25, 0.3) is 0 Å². The Hall–Kier alpha value is 0.270. The van der Waals surface area contributed by atoms with Gasteiger partial charge in [0.05, 0.1) is 6.04 Å². The molecule has 1 N–H and O–H groups in total. The Morgan fingerprint density at radius 3 is 2.43 bits per heavy atom. The molecule has 0 aliphatic rings. The minimum Gasteiger partial charge on any atom is -0.286 e. The molecule has 0 fully saturated rings. The van der Waals surface area contributed by atoms with Crippen molar-refractivity contribution < 1.29 is 4.79 Å². The molecule has 0 aliphatic heterocycles. The van der Waals surface area contributed by atoms with Gasteiger partial charge < -0.3 is 0 Å². The first kappa shape index (κ1) is 7.27. The maximum atomic E-state index is 10.1. The second kappa shape index (κ2) is 3.29. The molecule has 0 saturated carbocycles. The highest BCUT2D eigenvalue weighted by atomic mass is 35.5. The van der Waals surface area contributed by atoms with Gasteiger partial charge in [-0.1, -0.05) is 0 Å². The van der Waals surface area contributed by atoms with E-state index in [0.717, 1.165) is 0 Å². The maximum absolute atomic E-state index is 10.1. The van der Waals surface area contributed by atoms with Crippen LogP contribution in [0.15, 0.2) is 0 Å². The Bertz CT molecular complexity index is 77.3. The highest BCUT2D eigenvalue weighted by Crippen LogP contribution is 1.87. The molecule has 0 aliphatic carbocycles. The Morgan fingerprint density at radius 2 is 2.43 bits per heavy atom. The summed E-state index contributed by atoms with van der Waals surface area (Å²) in [6, 6.07) is -0.356. The van der Waals surface area contributed by atoms with Crippen LogP contribution in [-0.4, -0.2) is 11.2 Å². The molecule has 0 bridgehead atoms. The van der Waals surface area contributed by atoms with E-state index in [1.54, 1.807) is 6.92 Å². The van der Waals surface area contributed by atoms with E-state index >= 15 is 0 Å². The third kappa shape index (κ3) is 2.91. The number of halogens is 1. The minimum absolute atomic E-state index is 0.255. The monoisotopic (exact) mass is 139 g/mol. The molecule has 0 heterocycles. The van der Waals surface area contributed by atoms with Crippen molar-refractivity contribution in [3.8, 4) is 0 Å². The zero-order chi connectivity index (χ0) is 5.86. The molecule has 0 aromatic heterocycles. The number of hydrogen-bond acceptors (Lipinski definition) is 2. The van der Waals surface area contributed by atoms with Crippen LogP contribution < -0.4 is 4.84 Å². The molecule has 0 radical (unpaired) electrons. The molecule has 1 atom stereocenters. The summed E-state index contributed by atoms with van der Waals surface area (Å²) >= 11 is 8.51. The van der Waals surface area contributed by atoms with Gasteiger partial charge in [-0.15, -0.1) is 12.6 Å². The molecule has 4 heteroatoms. The lowest BCUT2D eigenvalue weighted by molar-refractivity contribution is -0.111. The van der Waals surface area contributed by atoms with E-state index in [1.807, 2.05) is 0 Å². The van der Waals surface area contributed by atoms with Crippen LogP contribution in [0.4, 0.5) is 0 Å². The molecule has 0 rings (SSSR count). The van der Waals surface area contributed by atoms with Gasteiger partial charge in [0.25, 0.3) is 0 Å². The largest absolute Gasteiger partial charge is 0.286 e. The van der Waals surface area contributed by atoms with Gasteiger partial charge in [-0.2, -0.15) is 0 Å². The van der Waals surface area contributed by atoms with Gasteiger partial charge in [0, 0.05) is 0 Å². The molecule has 0 aromatic carbocycles. The van der Waals surface area contributed by atoms with Crippen molar-refractivity contribution in [3.63, 3.8) is 0 Å². The second-order valence-corrected chi connectivity index (χ2v) is 1.83. The number of carbonyl (C=O) groups excluding carboxylic acids is 1. The zero-order valence-corrected chi connectivity index (χ0v) is 5.46. The van der Waals surface area contributed by atoms with Crippen LogP contribution in [0.5, 0.6) is 0 Å². The Balaban J connectivity index is 3.34. The van der Waals surface area contributed by atoms with Crippen LogP contribution in [0.2, 0.25) is 0 Å². The standard InChI is InChI=1S/C3H6ClNOS/c1-2(5-4)3(6)7/h2,5H,1H3,(H,6,7)/t2-/m0/s1. The van der Waals surface area contributed by atoms with Gasteiger partial charge in [0.1, 0.15) is 0 Å². The normalized spacial score (nSPS) is 13.6. The maximum Gasteiger partial charge on any atom is 0.203 e. The lowest BCUT2D eigenvalue weighted by Gasteiger charge is -1.97. The summed E-state index contributed by atoms with van der Waals surface area (Å²) in [5.74, 6) is 0. The minimum atomic E-state index is -0.356. The van der Waals surface area contributed by atoms with Gasteiger partial charge in [0.2, 0.25) is 5.12 Å². The van der Waals surface area contributed by atoms with E-state index in [0.29, 0.717) is 0 Å². The van der Waals surface area contributed by atoms with E-state index in [4.69, 9.17) is 11.8 Å². The fraction of sp³-hybridized carbons (Fsp3) is 0.667. The average Bonchev–Trinajstić information content (AvgIpc) is 1.65. The second-order valence-electron chi connectivity index (χ2n) is 1.17. The van der Waals surface area contributed by atoms with Crippen molar-refractivity contribution in [2.75, 3.05) is 0 Å². The number of nitrogens with one attached hydrogen (secondary N) is 1. The van der Waals surface area contributed by atoms with Crippen LogP contribution in [0.3, 0.4) is 0 Å². The fourth-order valence-corrected chi connectivity index (χ4v) is 0.286. The van der Waals surface area contributed by atoms with Crippen LogP contribution in [0, 0.1) is 0 Å². The fourth-order valence-electron chi connectivity index (χ4n) is 0.0467. The van der Waals surface area contributed by atoms with Crippen LogP contribution in [-0.2, 0) is 4.79 Å². The number of hydrogen-bond donors (Lipinski definition) is 2.